The fourth-order valence-corrected chi connectivity index (χ4v) is 1.01. The highest BCUT2D eigenvalue weighted by molar-refractivity contribution is 5.70. The summed E-state index contributed by atoms with van der Waals surface area (Å²) in [7, 11) is 1.91. The van der Waals surface area contributed by atoms with E-state index in [0.29, 0.717) is 6.54 Å². The quantitative estimate of drug-likeness (QED) is 0.522. The molecule has 1 aliphatic rings. The third-order valence-corrected chi connectivity index (χ3v) is 1.77. The monoisotopic (exact) mass is 144 g/mol. The van der Waals surface area contributed by atoms with Gasteiger partial charge in [0, 0.05) is 20.1 Å². The zero-order valence-electron chi connectivity index (χ0n) is 6.00. The highest BCUT2D eigenvalue weighted by atomic mass is 16.4. The van der Waals surface area contributed by atoms with Crippen molar-refractivity contribution in [3.05, 3.63) is 0 Å². The van der Waals surface area contributed by atoms with Crippen LogP contribution in [0.1, 0.15) is 6.42 Å². The van der Waals surface area contributed by atoms with Crippen LogP contribution in [-0.2, 0) is 4.79 Å². The molecule has 0 spiro atoms. The van der Waals surface area contributed by atoms with Crippen molar-refractivity contribution in [3.63, 3.8) is 0 Å². The summed E-state index contributed by atoms with van der Waals surface area (Å²) in [5, 5.41) is 10.5. The molecule has 10 heavy (non-hydrogen) atoms. The third-order valence-electron chi connectivity index (χ3n) is 1.77. The SMILES string of the molecule is CN1CCC(C(=O)O)CN1. The maximum atomic E-state index is 10.4. The molecule has 0 saturated carbocycles. The van der Waals surface area contributed by atoms with Crippen LogP contribution in [0, 0.1) is 5.92 Å². The lowest BCUT2D eigenvalue weighted by Crippen LogP contribution is -2.46. The van der Waals surface area contributed by atoms with Crippen molar-refractivity contribution in [1.29, 1.82) is 0 Å². The first kappa shape index (κ1) is 7.50. The van der Waals surface area contributed by atoms with E-state index in [1.165, 1.54) is 0 Å². The molecule has 1 atom stereocenters. The number of aliphatic carboxylic acids is 1. The van der Waals surface area contributed by atoms with Crippen molar-refractivity contribution in [2.75, 3.05) is 20.1 Å². The lowest BCUT2D eigenvalue weighted by Gasteiger charge is -2.27. The van der Waals surface area contributed by atoms with Crippen LogP contribution in [0.5, 0.6) is 0 Å². The molecule has 0 aromatic rings. The van der Waals surface area contributed by atoms with Crippen LogP contribution in [0.15, 0.2) is 0 Å². The van der Waals surface area contributed by atoms with Crippen LogP contribution in [-0.4, -0.2) is 36.2 Å². The number of hydrogen-bond acceptors (Lipinski definition) is 3. The van der Waals surface area contributed by atoms with Crippen LogP contribution in [0.3, 0.4) is 0 Å². The fraction of sp³-hybridized carbons (Fsp3) is 0.833. The van der Waals surface area contributed by atoms with E-state index in [1.54, 1.807) is 0 Å². The molecule has 1 fully saturated rings. The molecular weight excluding hydrogens is 132 g/mol. The topological polar surface area (TPSA) is 52.6 Å². The minimum Gasteiger partial charge on any atom is -0.481 e. The molecule has 1 rings (SSSR count). The van der Waals surface area contributed by atoms with Gasteiger partial charge in [-0.05, 0) is 6.42 Å². The Hall–Kier alpha value is -0.610. The Balaban J connectivity index is 2.33. The van der Waals surface area contributed by atoms with Crippen LogP contribution in [0.2, 0.25) is 0 Å². The van der Waals surface area contributed by atoms with Crippen LogP contribution >= 0.6 is 0 Å². The first-order valence-corrected chi connectivity index (χ1v) is 3.37. The number of nitrogens with zero attached hydrogens (tertiary/aromatic N) is 1. The van der Waals surface area contributed by atoms with Gasteiger partial charge in [-0.25, -0.2) is 5.01 Å². The number of nitrogens with one attached hydrogen (secondary N) is 1. The first-order valence-electron chi connectivity index (χ1n) is 3.37. The first-order chi connectivity index (χ1) is 4.70. The van der Waals surface area contributed by atoms with Crippen molar-refractivity contribution >= 4 is 5.97 Å². The van der Waals surface area contributed by atoms with E-state index in [0.717, 1.165) is 13.0 Å². The van der Waals surface area contributed by atoms with Crippen molar-refractivity contribution in [2.24, 2.45) is 5.92 Å². The third kappa shape index (κ3) is 1.68. The molecule has 2 N–H and O–H groups in total. The number of hydrazine groups is 1. The molecule has 0 aromatic heterocycles. The van der Waals surface area contributed by atoms with Gasteiger partial charge in [-0.3, -0.25) is 10.2 Å². The van der Waals surface area contributed by atoms with Gasteiger partial charge in [0.25, 0.3) is 0 Å². The fourth-order valence-electron chi connectivity index (χ4n) is 1.01. The Morgan fingerprint density at radius 1 is 1.80 bits per heavy atom. The maximum absolute atomic E-state index is 10.4. The lowest BCUT2D eigenvalue weighted by molar-refractivity contribution is -0.143. The molecule has 1 aliphatic heterocycles. The number of carbonyl (C=O) groups is 1. The zero-order valence-corrected chi connectivity index (χ0v) is 6.00. The Morgan fingerprint density at radius 2 is 2.50 bits per heavy atom. The van der Waals surface area contributed by atoms with E-state index in [9.17, 15) is 4.79 Å². The molecule has 4 nitrogen and oxygen atoms in total. The minimum atomic E-state index is -0.694. The standard InChI is InChI=1S/C6H12N2O2/c1-8-3-2-5(4-7-8)6(9)10/h5,7H,2-4H2,1H3,(H,9,10). The van der Waals surface area contributed by atoms with E-state index in [4.69, 9.17) is 5.11 Å². The Kier molecular flexibility index (Phi) is 2.24. The van der Waals surface area contributed by atoms with Crippen molar-refractivity contribution in [2.45, 2.75) is 6.42 Å². The molecule has 0 aliphatic carbocycles. The smallest absolute Gasteiger partial charge is 0.307 e. The number of carboxylic acids is 1. The predicted molar refractivity (Wildman–Crippen MR) is 36.4 cm³/mol. The summed E-state index contributed by atoms with van der Waals surface area (Å²) in [4.78, 5) is 10.4. The van der Waals surface area contributed by atoms with Gasteiger partial charge in [0.05, 0.1) is 5.92 Å². The number of hydrogen-bond donors (Lipinski definition) is 2. The molecule has 4 heteroatoms. The van der Waals surface area contributed by atoms with Gasteiger partial charge in [-0.2, -0.15) is 0 Å². The average molecular weight is 144 g/mol. The van der Waals surface area contributed by atoms with Crippen molar-refractivity contribution < 1.29 is 9.90 Å². The van der Waals surface area contributed by atoms with Crippen LogP contribution in [0.4, 0.5) is 0 Å². The van der Waals surface area contributed by atoms with Gasteiger partial charge in [0.1, 0.15) is 0 Å². The maximum Gasteiger partial charge on any atom is 0.307 e. The zero-order chi connectivity index (χ0) is 7.56. The summed E-state index contributed by atoms with van der Waals surface area (Å²) in [6.45, 7) is 1.38. The molecule has 1 saturated heterocycles. The van der Waals surface area contributed by atoms with E-state index in [2.05, 4.69) is 5.43 Å². The molecular formula is C6H12N2O2. The largest absolute Gasteiger partial charge is 0.481 e. The van der Waals surface area contributed by atoms with Crippen LogP contribution < -0.4 is 5.43 Å². The summed E-state index contributed by atoms with van der Waals surface area (Å²) in [5.74, 6) is -0.892. The number of carboxylic acid groups (broad SMARTS) is 1. The molecule has 0 aromatic carbocycles. The number of rotatable bonds is 1. The second kappa shape index (κ2) is 2.98. The summed E-state index contributed by atoms with van der Waals surface area (Å²) < 4.78 is 0. The summed E-state index contributed by atoms with van der Waals surface area (Å²) in [5.41, 5.74) is 2.97. The Morgan fingerprint density at radius 3 is 2.90 bits per heavy atom. The van der Waals surface area contributed by atoms with Crippen LogP contribution in [0.25, 0.3) is 0 Å². The van der Waals surface area contributed by atoms with Crippen molar-refractivity contribution in [3.8, 4) is 0 Å². The van der Waals surface area contributed by atoms with Gasteiger partial charge in [-0.1, -0.05) is 0 Å². The molecule has 0 amide bonds. The molecule has 0 radical (unpaired) electrons. The molecule has 1 unspecified atom stereocenters. The molecule has 58 valence electrons. The minimum absolute atomic E-state index is 0.198. The lowest BCUT2D eigenvalue weighted by atomic mass is 10.1. The summed E-state index contributed by atoms with van der Waals surface area (Å²) in [6, 6.07) is 0. The Bertz CT molecular complexity index is 130. The second-order valence-corrected chi connectivity index (χ2v) is 2.61. The summed E-state index contributed by atoms with van der Waals surface area (Å²) >= 11 is 0. The highest BCUT2D eigenvalue weighted by Gasteiger charge is 2.21. The highest BCUT2D eigenvalue weighted by Crippen LogP contribution is 2.06. The predicted octanol–water partition coefficient (Wildman–Crippen LogP) is -0.473. The van der Waals surface area contributed by atoms with Gasteiger partial charge in [0.2, 0.25) is 0 Å². The van der Waals surface area contributed by atoms with Gasteiger partial charge in [-0.15, -0.1) is 0 Å². The normalized spacial score (nSPS) is 28.3. The average Bonchev–Trinajstić information content (AvgIpc) is 1.88. The van der Waals surface area contributed by atoms with E-state index in [-0.39, 0.29) is 5.92 Å². The second-order valence-electron chi connectivity index (χ2n) is 2.61. The van der Waals surface area contributed by atoms with E-state index in [1.807, 2.05) is 12.1 Å². The Labute approximate surface area is 59.8 Å². The van der Waals surface area contributed by atoms with Gasteiger partial charge < -0.3 is 5.11 Å². The van der Waals surface area contributed by atoms with E-state index >= 15 is 0 Å². The summed E-state index contributed by atoms with van der Waals surface area (Å²) in [6.07, 6.45) is 0.749. The molecule has 1 heterocycles. The van der Waals surface area contributed by atoms with Gasteiger partial charge >= 0.3 is 5.97 Å². The van der Waals surface area contributed by atoms with E-state index < -0.39 is 5.97 Å². The molecule has 0 bridgehead atoms. The van der Waals surface area contributed by atoms with Gasteiger partial charge in [0.15, 0.2) is 0 Å². The van der Waals surface area contributed by atoms with Crippen molar-refractivity contribution in [1.82, 2.24) is 10.4 Å².